The predicted octanol–water partition coefficient (Wildman–Crippen LogP) is 4.53. The number of aromatic nitrogens is 1. The lowest BCUT2D eigenvalue weighted by Gasteiger charge is -2.20. The van der Waals surface area contributed by atoms with E-state index in [2.05, 4.69) is 4.98 Å². The van der Waals surface area contributed by atoms with Gasteiger partial charge in [0.2, 0.25) is 0 Å². The van der Waals surface area contributed by atoms with Gasteiger partial charge in [0.15, 0.2) is 11.5 Å². The van der Waals surface area contributed by atoms with E-state index in [-0.39, 0.29) is 18.8 Å². The molecule has 0 saturated carbocycles. The van der Waals surface area contributed by atoms with Crippen LogP contribution in [0.2, 0.25) is 0 Å². The van der Waals surface area contributed by atoms with Crippen LogP contribution in [0.1, 0.15) is 71.3 Å². The number of pyridine rings is 1. The summed E-state index contributed by atoms with van der Waals surface area (Å²) in [6.45, 7) is 4.44. The molecule has 0 bridgehead atoms. The predicted molar refractivity (Wildman–Crippen MR) is 74.3 cm³/mol. The van der Waals surface area contributed by atoms with E-state index in [9.17, 15) is 36.6 Å². The monoisotopic (exact) mass is 353 g/mol. The number of halogens is 5. The number of hydrogen-bond donors (Lipinski definition) is 1. The van der Waals surface area contributed by atoms with Crippen LogP contribution in [0.15, 0.2) is 0 Å². The van der Waals surface area contributed by atoms with Crippen LogP contribution in [-0.4, -0.2) is 21.8 Å². The van der Waals surface area contributed by atoms with E-state index in [1.807, 2.05) is 0 Å². The molecule has 0 spiro atoms. The molecular formula is C15H16F5NO3. The van der Waals surface area contributed by atoms with Crippen LogP contribution >= 0.6 is 0 Å². The first kappa shape index (κ1) is 20.0. The van der Waals surface area contributed by atoms with Crippen molar-refractivity contribution >= 4 is 11.8 Å². The number of alkyl halides is 5. The molecule has 1 aromatic heterocycles. The molecule has 1 heterocycles. The number of carbonyl (C=O) groups excluding carboxylic acids is 1. The molecule has 0 atom stereocenters. The van der Waals surface area contributed by atoms with Crippen molar-refractivity contribution in [3.63, 3.8) is 0 Å². The third-order valence-electron chi connectivity index (χ3n) is 3.23. The minimum atomic E-state index is -5.16. The summed E-state index contributed by atoms with van der Waals surface area (Å²) in [6, 6.07) is 0. The highest BCUT2D eigenvalue weighted by molar-refractivity contribution is 6.02. The number of hydrogen-bond acceptors (Lipinski definition) is 3. The minimum absolute atomic E-state index is 0.270. The molecular weight excluding hydrogens is 337 g/mol. The molecule has 0 aliphatic carbocycles. The van der Waals surface area contributed by atoms with Gasteiger partial charge in [0.1, 0.15) is 5.69 Å². The molecule has 0 saturated heterocycles. The lowest BCUT2D eigenvalue weighted by atomic mass is 9.88. The molecule has 1 rings (SSSR count). The van der Waals surface area contributed by atoms with Crippen molar-refractivity contribution in [2.75, 3.05) is 0 Å². The summed E-state index contributed by atoms with van der Waals surface area (Å²) in [4.78, 5) is 26.2. The van der Waals surface area contributed by atoms with Crippen LogP contribution in [0.5, 0.6) is 0 Å². The Kier molecular flexibility index (Phi) is 6.02. The van der Waals surface area contributed by atoms with Gasteiger partial charge in [-0.1, -0.05) is 20.8 Å². The fraction of sp³-hybridized carbons (Fsp3) is 0.533. The lowest BCUT2D eigenvalue weighted by Crippen LogP contribution is -2.24. The molecule has 0 unspecified atom stereocenters. The van der Waals surface area contributed by atoms with Gasteiger partial charge in [-0.15, -0.1) is 0 Å². The van der Waals surface area contributed by atoms with E-state index in [0.29, 0.717) is 0 Å². The van der Waals surface area contributed by atoms with Crippen LogP contribution in [0.25, 0.3) is 0 Å². The highest BCUT2D eigenvalue weighted by atomic mass is 19.4. The Labute approximate surface area is 134 Å². The Morgan fingerprint density at radius 1 is 1.17 bits per heavy atom. The van der Waals surface area contributed by atoms with Crippen LogP contribution < -0.4 is 0 Å². The first-order valence-electron chi connectivity index (χ1n) is 7.10. The van der Waals surface area contributed by atoms with Crippen molar-refractivity contribution in [1.82, 2.24) is 4.98 Å². The van der Waals surface area contributed by atoms with E-state index < -0.39 is 52.4 Å². The Hall–Kier alpha value is -2.06. The molecule has 0 fully saturated rings. The van der Waals surface area contributed by atoms with Gasteiger partial charge in [-0.3, -0.25) is 4.79 Å². The van der Waals surface area contributed by atoms with Crippen LogP contribution in [0.4, 0.5) is 22.0 Å². The third kappa shape index (κ3) is 4.07. The van der Waals surface area contributed by atoms with E-state index >= 15 is 0 Å². The second-order valence-corrected chi connectivity index (χ2v) is 5.55. The van der Waals surface area contributed by atoms with Gasteiger partial charge in [-0.05, 0) is 17.9 Å². The van der Waals surface area contributed by atoms with E-state index in [4.69, 9.17) is 0 Å². The van der Waals surface area contributed by atoms with Crippen LogP contribution in [0.3, 0.4) is 0 Å². The van der Waals surface area contributed by atoms with Crippen molar-refractivity contribution in [3.05, 3.63) is 28.1 Å². The molecule has 0 aliphatic rings. The first-order valence-corrected chi connectivity index (χ1v) is 7.10. The van der Waals surface area contributed by atoms with Crippen LogP contribution in [0, 0.1) is 5.92 Å². The zero-order valence-corrected chi connectivity index (χ0v) is 13.2. The van der Waals surface area contributed by atoms with Crippen molar-refractivity contribution in [2.45, 2.75) is 46.2 Å². The molecule has 134 valence electrons. The number of rotatable bonds is 6. The average Bonchev–Trinajstić information content (AvgIpc) is 2.42. The van der Waals surface area contributed by atoms with Crippen molar-refractivity contribution < 1.29 is 36.6 Å². The molecule has 1 aromatic rings. The summed E-state index contributed by atoms with van der Waals surface area (Å²) in [6.07, 6.45) is -9.29. The summed E-state index contributed by atoms with van der Waals surface area (Å²) in [5.74, 6) is -3.19. The maximum Gasteiger partial charge on any atom is 0.434 e. The average molecular weight is 353 g/mol. The topological polar surface area (TPSA) is 67.3 Å². The molecule has 0 amide bonds. The number of ketones is 1. The van der Waals surface area contributed by atoms with Crippen molar-refractivity contribution in [1.29, 1.82) is 0 Å². The second-order valence-electron chi connectivity index (χ2n) is 5.55. The molecule has 1 N–H and O–H groups in total. The van der Waals surface area contributed by atoms with E-state index in [1.165, 1.54) is 6.92 Å². The fourth-order valence-electron chi connectivity index (χ4n) is 2.35. The minimum Gasteiger partial charge on any atom is -0.478 e. The Balaban J connectivity index is 4.03. The standard InChI is InChI=1S/C15H16F5NO3/c1-4-8(22)9-7(5-6(2)3)10(14(23)24)11(13(16)17)21-12(9)15(18,19)20/h6,13H,4-5H2,1-3H3,(H,23,24). The van der Waals surface area contributed by atoms with Crippen molar-refractivity contribution in [3.8, 4) is 0 Å². The Bertz CT molecular complexity index is 653. The third-order valence-corrected chi connectivity index (χ3v) is 3.23. The van der Waals surface area contributed by atoms with Gasteiger partial charge in [0, 0.05) is 6.42 Å². The van der Waals surface area contributed by atoms with E-state index in [0.717, 1.165) is 0 Å². The van der Waals surface area contributed by atoms with Gasteiger partial charge in [-0.25, -0.2) is 18.6 Å². The Morgan fingerprint density at radius 3 is 2.04 bits per heavy atom. The highest BCUT2D eigenvalue weighted by Gasteiger charge is 2.42. The number of carboxylic acids is 1. The summed E-state index contributed by atoms with van der Waals surface area (Å²) < 4.78 is 65.9. The largest absolute Gasteiger partial charge is 0.478 e. The molecule has 0 radical (unpaired) electrons. The molecule has 9 heteroatoms. The highest BCUT2D eigenvalue weighted by Crippen LogP contribution is 2.37. The van der Waals surface area contributed by atoms with Crippen molar-refractivity contribution in [2.24, 2.45) is 5.92 Å². The van der Waals surface area contributed by atoms with Crippen LogP contribution in [-0.2, 0) is 12.6 Å². The first-order chi connectivity index (χ1) is 10.9. The molecule has 24 heavy (non-hydrogen) atoms. The Morgan fingerprint density at radius 2 is 1.71 bits per heavy atom. The summed E-state index contributed by atoms with van der Waals surface area (Å²) in [7, 11) is 0. The SMILES string of the molecule is CCC(=O)c1c(C(F)(F)F)nc(C(F)F)c(C(=O)O)c1CC(C)C. The molecule has 0 aromatic carbocycles. The number of nitrogens with zero attached hydrogens (tertiary/aromatic N) is 1. The number of carbonyl (C=O) groups is 2. The zero-order valence-electron chi connectivity index (χ0n) is 13.2. The number of carboxylic acid groups (broad SMARTS) is 1. The fourth-order valence-corrected chi connectivity index (χ4v) is 2.35. The second kappa shape index (κ2) is 7.23. The number of aromatic carboxylic acids is 1. The van der Waals surface area contributed by atoms with Gasteiger partial charge < -0.3 is 5.11 Å². The quantitative estimate of drug-likeness (QED) is 0.603. The van der Waals surface area contributed by atoms with E-state index in [1.54, 1.807) is 13.8 Å². The lowest BCUT2D eigenvalue weighted by molar-refractivity contribution is -0.141. The smallest absolute Gasteiger partial charge is 0.434 e. The van der Waals surface area contributed by atoms with Gasteiger partial charge in [-0.2, -0.15) is 13.2 Å². The normalized spacial score (nSPS) is 12.1. The van der Waals surface area contributed by atoms with Gasteiger partial charge in [0.25, 0.3) is 6.43 Å². The zero-order chi connectivity index (χ0) is 18.8. The molecule has 4 nitrogen and oxygen atoms in total. The number of Topliss-reactive ketones (excluding diaryl/α,β-unsaturated/α-hetero) is 1. The van der Waals surface area contributed by atoms with Gasteiger partial charge >= 0.3 is 12.1 Å². The maximum absolute atomic E-state index is 13.2. The molecule has 0 aliphatic heterocycles. The summed E-state index contributed by atoms with van der Waals surface area (Å²) in [5, 5.41) is 9.22. The van der Waals surface area contributed by atoms with Gasteiger partial charge in [0.05, 0.1) is 11.1 Å². The summed E-state index contributed by atoms with van der Waals surface area (Å²) >= 11 is 0. The summed E-state index contributed by atoms with van der Waals surface area (Å²) in [5.41, 5.74) is -5.73. The maximum atomic E-state index is 13.2.